The summed E-state index contributed by atoms with van der Waals surface area (Å²) in [7, 11) is 0. The van der Waals surface area contributed by atoms with Crippen LogP contribution in [0.2, 0.25) is 0 Å². The molecule has 3 heteroatoms. The highest BCUT2D eigenvalue weighted by atomic mass is 32.2. The van der Waals surface area contributed by atoms with Crippen molar-refractivity contribution in [1.82, 2.24) is 5.32 Å². The third kappa shape index (κ3) is 6.43. The molecule has 0 aliphatic rings. The maximum absolute atomic E-state index is 5.52. The Labute approximate surface area is 116 Å². The van der Waals surface area contributed by atoms with E-state index in [1.165, 1.54) is 10.5 Å². The predicted octanol–water partition coefficient (Wildman–Crippen LogP) is 3.49. The maximum Gasteiger partial charge on any atom is 0.0627 e. The van der Waals surface area contributed by atoms with Crippen molar-refractivity contribution >= 4 is 11.8 Å². The molecule has 0 saturated carbocycles. The van der Waals surface area contributed by atoms with E-state index >= 15 is 0 Å². The number of nitrogens with one attached hydrogen (secondary N) is 1. The zero-order chi connectivity index (χ0) is 13.2. The minimum absolute atomic E-state index is 0.441. The molecule has 2 nitrogen and oxygen atoms in total. The zero-order valence-electron chi connectivity index (χ0n) is 11.7. The van der Waals surface area contributed by atoms with E-state index in [-0.39, 0.29) is 0 Å². The number of rotatable bonds is 9. The average molecular weight is 267 g/mol. The van der Waals surface area contributed by atoms with Gasteiger partial charge in [-0.15, -0.1) is 11.8 Å². The molecule has 0 fully saturated rings. The van der Waals surface area contributed by atoms with Crippen LogP contribution in [0.15, 0.2) is 29.2 Å². The number of hydrogen-bond donors (Lipinski definition) is 1. The first-order valence-corrected chi connectivity index (χ1v) is 7.75. The molecule has 0 aromatic heterocycles. The lowest BCUT2D eigenvalue weighted by atomic mass is 10.2. The Balaban J connectivity index is 2.37. The molecule has 0 heterocycles. The number of thioether (sulfide) groups is 1. The predicted molar refractivity (Wildman–Crippen MR) is 80.5 cm³/mol. The molecule has 1 N–H and O–H groups in total. The van der Waals surface area contributed by atoms with Gasteiger partial charge in [0.25, 0.3) is 0 Å². The molecule has 0 spiro atoms. The summed E-state index contributed by atoms with van der Waals surface area (Å²) in [6.07, 6.45) is 1.16. The Morgan fingerprint density at radius 2 is 1.94 bits per heavy atom. The molecule has 0 saturated heterocycles. The minimum Gasteiger partial charge on any atom is -0.380 e. The van der Waals surface area contributed by atoms with Crippen molar-refractivity contribution in [3.8, 4) is 0 Å². The second kappa shape index (κ2) is 9.42. The lowest BCUT2D eigenvalue weighted by molar-refractivity contribution is 0.128. The fourth-order valence-electron chi connectivity index (χ4n) is 1.61. The van der Waals surface area contributed by atoms with Crippen LogP contribution in [0.4, 0.5) is 0 Å². The van der Waals surface area contributed by atoms with Crippen molar-refractivity contribution in [1.29, 1.82) is 0 Å². The van der Waals surface area contributed by atoms with Crippen LogP contribution in [0.3, 0.4) is 0 Å². The first kappa shape index (κ1) is 15.5. The van der Waals surface area contributed by atoms with Gasteiger partial charge in [0.05, 0.1) is 6.61 Å². The van der Waals surface area contributed by atoms with Crippen LogP contribution < -0.4 is 5.32 Å². The summed E-state index contributed by atoms with van der Waals surface area (Å²) in [5.74, 6) is 1.06. The molecule has 0 bridgehead atoms. The normalized spacial score (nSPS) is 12.6. The molecule has 1 atom stereocenters. The van der Waals surface area contributed by atoms with Gasteiger partial charge in [0.15, 0.2) is 0 Å². The zero-order valence-corrected chi connectivity index (χ0v) is 12.6. The number of ether oxygens (including phenoxy) is 1. The van der Waals surface area contributed by atoms with E-state index in [0.29, 0.717) is 6.04 Å². The van der Waals surface area contributed by atoms with E-state index in [4.69, 9.17) is 4.74 Å². The summed E-state index contributed by atoms with van der Waals surface area (Å²) in [6.45, 7) is 9.01. The molecule has 18 heavy (non-hydrogen) atoms. The third-order valence-corrected chi connectivity index (χ3v) is 3.85. The number of benzene rings is 1. The van der Waals surface area contributed by atoms with E-state index in [9.17, 15) is 0 Å². The number of hydrogen-bond acceptors (Lipinski definition) is 3. The summed E-state index contributed by atoms with van der Waals surface area (Å²) in [5, 5.41) is 3.54. The molecule has 102 valence electrons. The van der Waals surface area contributed by atoms with Gasteiger partial charge < -0.3 is 10.1 Å². The summed E-state index contributed by atoms with van der Waals surface area (Å²) in [6, 6.07) is 9.16. The van der Waals surface area contributed by atoms with Crippen LogP contribution in [0.25, 0.3) is 0 Å². The Hall–Kier alpha value is -0.510. The largest absolute Gasteiger partial charge is 0.380 e. The molecule has 1 aromatic carbocycles. The summed E-state index contributed by atoms with van der Waals surface area (Å²) >= 11 is 1.90. The Bertz CT molecular complexity index is 305. The first-order chi connectivity index (χ1) is 8.76. The van der Waals surface area contributed by atoms with Crippen molar-refractivity contribution in [3.63, 3.8) is 0 Å². The van der Waals surface area contributed by atoms with Crippen molar-refractivity contribution in [2.45, 2.75) is 38.1 Å². The molecule has 0 amide bonds. The topological polar surface area (TPSA) is 21.3 Å². The van der Waals surface area contributed by atoms with E-state index in [2.05, 4.69) is 43.4 Å². The van der Waals surface area contributed by atoms with E-state index in [1.54, 1.807) is 0 Å². The van der Waals surface area contributed by atoms with Gasteiger partial charge in [-0.3, -0.25) is 0 Å². The van der Waals surface area contributed by atoms with E-state index < -0.39 is 0 Å². The highest BCUT2D eigenvalue weighted by molar-refractivity contribution is 7.99. The second-order valence-corrected chi connectivity index (χ2v) is 5.53. The first-order valence-electron chi connectivity index (χ1n) is 6.76. The quantitative estimate of drug-likeness (QED) is 0.692. The van der Waals surface area contributed by atoms with Gasteiger partial charge in [-0.25, -0.2) is 0 Å². The fraction of sp³-hybridized carbons (Fsp3) is 0.600. The standard InChI is InChI=1S/C15H25NOS/c1-4-10-16-14(11-17-5-2)12-18-15-8-6-13(3)7-9-15/h6-9,14,16H,4-5,10-12H2,1-3H3. The van der Waals surface area contributed by atoms with Crippen LogP contribution in [-0.4, -0.2) is 31.6 Å². The highest BCUT2D eigenvalue weighted by Gasteiger charge is 2.08. The van der Waals surface area contributed by atoms with Crippen LogP contribution in [0, 0.1) is 6.92 Å². The summed E-state index contributed by atoms with van der Waals surface area (Å²) < 4.78 is 5.52. The molecular formula is C15H25NOS. The maximum atomic E-state index is 5.52. The van der Waals surface area contributed by atoms with Gasteiger partial charge in [0.1, 0.15) is 0 Å². The summed E-state index contributed by atoms with van der Waals surface area (Å²) in [5.41, 5.74) is 1.31. The van der Waals surface area contributed by atoms with E-state index in [0.717, 1.165) is 31.9 Å². The van der Waals surface area contributed by atoms with Gasteiger partial charge in [-0.1, -0.05) is 24.6 Å². The minimum atomic E-state index is 0.441. The Morgan fingerprint density at radius 1 is 1.22 bits per heavy atom. The second-order valence-electron chi connectivity index (χ2n) is 4.43. The van der Waals surface area contributed by atoms with Crippen molar-refractivity contribution in [3.05, 3.63) is 29.8 Å². The third-order valence-electron chi connectivity index (χ3n) is 2.68. The van der Waals surface area contributed by atoms with Crippen molar-refractivity contribution in [2.24, 2.45) is 0 Å². The highest BCUT2D eigenvalue weighted by Crippen LogP contribution is 2.19. The smallest absolute Gasteiger partial charge is 0.0627 e. The van der Waals surface area contributed by atoms with Crippen LogP contribution in [0.5, 0.6) is 0 Å². The van der Waals surface area contributed by atoms with Crippen LogP contribution in [-0.2, 0) is 4.74 Å². The number of aryl methyl sites for hydroxylation is 1. The van der Waals surface area contributed by atoms with Gasteiger partial charge in [-0.05, 0) is 38.9 Å². The lowest BCUT2D eigenvalue weighted by Crippen LogP contribution is -2.36. The molecule has 0 radical (unpaired) electrons. The van der Waals surface area contributed by atoms with Gasteiger partial charge >= 0.3 is 0 Å². The molecule has 1 rings (SSSR count). The monoisotopic (exact) mass is 267 g/mol. The fourth-order valence-corrected chi connectivity index (χ4v) is 2.54. The average Bonchev–Trinajstić information content (AvgIpc) is 2.40. The van der Waals surface area contributed by atoms with Crippen LogP contribution in [0.1, 0.15) is 25.8 Å². The molecule has 0 aliphatic heterocycles. The Morgan fingerprint density at radius 3 is 2.56 bits per heavy atom. The van der Waals surface area contributed by atoms with Crippen molar-refractivity contribution < 1.29 is 4.74 Å². The van der Waals surface area contributed by atoms with Crippen molar-refractivity contribution in [2.75, 3.05) is 25.5 Å². The lowest BCUT2D eigenvalue weighted by Gasteiger charge is -2.17. The molecular weight excluding hydrogens is 242 g/mol. The van der Waals surface area contributed by atoms with Gasteiger partial charge in [-0.2, -0.15) is 0 Å². The summed E-state index contributed by atoms with van der Waals surface area (Å²) in [4.78, 5) is 1.33. The molecule has 1 unspecified atom stereocenters. The van der Waals surface area contributed by atoms with Crippen LogP contribution >= 0.6 is 11.8 Å². The van der Waals surface area contributed by atoms with Gasteiger partial charge in [0, 0.05) is 23.3 Å². The van der Waals surface area contributed by atoms with Gasteiger partial charge in [0.2, 0.25) is 0 Å². The SMILES string of the molecule is CCCNC(COCC)CSc1ccc(C)cc1. The molecule has 0 aliphatic carbocycles. The Kier molecular flexibility index (Phi) is 8.14. The van der Waals surface area contributed by atoms with E-state index in [1.807, 2.05) is 18.7 Å². The molecule has 1 aromatic rings.